The first-order chi connectivity index (χ1) is 13.9. The Bertz CT molecular complexity index is 854. The van der Waals surface area contributed by atoms with E-state index in [0.29, 0.717) is 12.5 Å². The number of nitrogens with zero attached hydrogens (tertiary/aromatic N) is 5. The van der Waals surface area contributed by atoms with Gasteiger partial charge in [-0.2, -0.15) is 0 Å². The van der Waals surface area contributed by atoms with Gasteiger partial charge in [-0.3, -0.25) is 9.39 Å². The second-order valence-corrected chi connectivity index (χ2v) is 8.26. The van der Waals surface area contributed by atoms with Gasteiger partial charge >= 0.3 is 6.09 Å². The molecular weight excluding hydrogens is 497 g/mol. The predicted molar refractivity (Wildman–Crippen MR) is 127 cm³/mol. The van der Waals surface area contributed by atoms with Crippen LogP contribution < -0.4 is 10.6 Å². The van der Waals surface area contributed by atoms with Crippen molar-refractivity contribution < 1.29 is 9.53 Å². The molecule has 1 saturated heterocycles. The number of carbonyl (C=O) groups is 1. The molecule has 0 spiro atoms. The van der Waals surface area contributed by atoms with Gasteiger partial charge in [-0.15, -0.1) is 34.2 Å². The molecule has 2 aromatic rings. The zero-order valence-corrected chi connectivity index (χ0v) is 20.4. The van der Waals surface area contributed by atoms with E-state index < -0.39 is 5.60 Å². The molecule has 1 fully saturated rings. The highest BCUT2D eigenvalue weighted by Gasteiger charge is 2.26. The van der Waals surface area contributed by atoms with E-state index in [1.54, 1.807) is 11.9 Å². The molecular formula is C20H32IN7O2. The Labute approximate surface area is 194 Å². The number of ether oxygens (including phenoxy) is 1. The third-order valence-electron chi connectivity index (χ3n) is 4.85. The fraction of sp³-hybridized carbons (Fsp3) is 0.600. The van der Waals surface area contributed by atoms with Crippen molar-refractivity contribution in [1.82, 2.24) is 30.1 Å². The number of aliphatic imine (C=N–C) groups is 1. The summed E-state index contributed by atoms with van der Waals surface area (Å²) in [5, 5.41) is 15.0. The summed E-state index contributed by atoms with van der Waals surface area (Å²) in [7, 11) is 1.75. The molecule has 0 radical (unpaired) electrons. The maximum absolute atomic E-state index is 12.2. The highest BCUT2D eigenvalue weighted by atomic mass is 127. The maximum Gasteiger partial charge on any atom is 0.410 e. The van der Waals surface area contributed by atoms with Crippen LogP contribution in [0.15, 0.2) is 29.4 Å². The molecule has 0 aromatic carbocycles. The fourth-order valence-corrected chi connectivity index (χ4v) is 3.28. The molecule has 3 rings (SSSR count). The predicted octanol–water partition coefficient (Wildman–Crippen LogP) is 2.66. The van der Waals surface area contributed by atoms with Crippen molar-refractivity contribution in [3.05, 3.63) is 30.2 Å². The SMILES string of the molecule is CN=C(NCc1nnc2ccccn12)NCC1CCN(C(=O)OC(C)(C)C)CC1.I. The fourth-order valence-electron chi connectivity index (χ4n) is 3.28. The molecule has 0 atom stereocenters. The lowest BCUT2D eigenvalue weighted by molar-refractivity contribution is 0.0185. The van der Waals surface area contributed by atoms with Crippen molar-refractivity contribution >= 4 is 41.7 Å². The Morgan fingerprint density at radius 2 is 1.97 bits per heavy atom. The van der Waals surface area contributed by atoms with Crippen LogP contribution in [-0.2, 0) is 11.3 Å². The summed E-state index contributed by atoms with van der Waals surface area (Å²) in [6.45, 7) is 8.45. The van der Waals surface area contributed by atoms with Gasteiger partial charge in [0.05, 0.1) is 6.54 Å². The summed E-state index contributed by atoms with van der Waals surface area (Å²) in [5.74, 6) is 2.04. The molecule has 1 aliphatic rings. The maximum atomic E-state index is 12.2. The monoisotopic (exact) mass is 529 g/mol. The number of hydrogen-bond donors (Lipinski definition) is 2. The number of nitrogens with one attached hydrogen (secondary N) is 2. The standard InChI is InChI=1S/C20H31N7O2.HI/c1-20(2,3)29-19(28)26-11-8-15(9-12-26)13-22-18(21-4)23-14-17-25-24-16-7-5-6-10-27(16)17;/h5-7,10,15H,8-9,11-14H2,1-4H3,(H2,21,22,23);1H. The number of piperidine rings is 1. The van der Waals surface area contributed by atoms with Gasteiger partial charge in [0.1, 0.15) is 5.60 Å². The largest absolute Gasteiger partial charge is 0.444 e. The molecule has 30 heavy (non-hydrogen) atoms. The first-order valence-corrected chi connectivity index (χ1v) is 10.1. The number of fused-ring (bicyclic) bond motifs is 1. The number of rotatable bonds is 4. The lowest BCUT2D eigenvalue weighted by Crippen LogP contribution is -2.45. The Morgan fingerprint density at radius 1 is 1.23 bits per heavy atom. The lowest BCUT2D eigenvalue weighted by atomic mass is 9.97. The molecule has 1 aliphatic heterocycles. The van der Waals surface area contributed by atoms with Crippen molar-refractivity contribution in [2.45, 2.75) is 45.8 Å². The minimum atomic E-state index is -0.455. The molecule has 10 heteroatoms. The molecule has 0 unspecified atom stereocenters. The lowest BCUT2D eigenvalue weighted by Gasteiger charge is -2.33. The molecule has 166 valence electrons. The van der Waals surface area contributed by atoms with Crippen LogP contribution >= 0.6 is 24.0 Å². The van der Waals surface area contributed by atoms with Crippen LogP contribution in [0.2, 0.25) is 0 Å². The van der Waals surface area contributed by atoms with Crippen molar-refractivity contribution in [1.29, 1.82) is 0 Å². The van der Waals surface area contributed by atoms with Crippen molar-refractivity contribution in [2.75, 3.05) is 26.7 Å². The minimum absolute atomic E-state index is 0. The zero-order chi connectivity index (χ0) is 20.9. The molecule has 0 aliphatic carbocycles. The third kappa shape index (κ3) is 6.71. The van der Waals surface area contributed by atoms with Crippen LogP contribution in [0.25, 0.3) is 5.65 Å². The number of halogens is 1. The summed E-state index contributed by atoms with van der Waals surface area (Å²) < 4.78 is 7.41. The zero-order valence-electron chi connectivity index (χ0n) is 18.1. The van der Waals surface area contributed by atoms with Crippen LogP contribution in [0.5, 0.6) is 0 Å². The quantitative estimate of drug-likeness (QED) is 0.359. The van der Waals surface area contributed by atoms with E-state index in [0.717, 1.165) is 49.9 Å². The van der Waals surface area contributed by atoms with Gasteiger partial charge in [0.15, 0.2) is 17.4 Å². The van der Waals surface area contributed by atoms with Crippen LogP contribution in [-0.4, -0.2) is 63.8 Å². The van der Waals surface area contributed by atoms with Crippen molar-refractivity contribution in [3.8, 4) is 0 Å². The van der Waals surface area contributed by atoms with Gasteiger partial charge in [0.2, 0.25) is 0 Å². The highest BCUT2D eigenvalue weighted by molar-refractivity contribution is 14.0. The summed E-state index contributed by atoms with van der Waals surface area (Å²) in [5.41, 5.74) is 0.368. The summed E-state index contributed by atoms with van der Waals surface area (Å²) in [6, 6.07) is 5.82. The molecule has 0 saturated carbocycles. The molecule has 9 nitrogen and oxygen atoms in total. The first-order valence-electron chi connectivity index (χ1n) is 10.1. The second-order valence-electron chi connectivity index (χ2n) is 8.26. The minimum Gasteiger partial charge on any atom is -0.444 e. The van der Waals surface area contributed by atoms with E-state index in [-0.39, 0.29) is 30.1 Å². The second kappa shape index (κ2) is 10.8. The van der Waals surface area contributed by atoms with E-state index in [1.807, 2.05) is 49.6 Å². The Balaban J connectivity index is 0.00000320. The Hall–Kier alpha value is -2.11. The molecule has 3 heterocycles. The Morgan fingerprint density at radius 3 is 2.63 bits per heavy atom. The van der Waals surface area contributed by atoms with E-state index in [4.69, 9.17) is 4.74 Å². The molecule has 2 N–H and O–H groups in total. The highest BCUT2D eigenvalue weighted by Crippen LogP contribution is 2.19. The van der Waals surface area contributed by atoms with Crippen LogP contribution in [0, 0.1) is 5.92 Å². The Kier molecular flexibility index (Phi) is 8.68. The average molecular weight is 529 g/mol. The van der Waals surface area contributed by atoms with Gasteiger partial charge in [0, 0.05) is 32.9 Å². The van der Waals surface area contributed by atoms with Gasteiger partial charge in [0.25, 0.3) is 0 Å². The third-order valence-corrected chi connectivity index (χ3v) is 4.85. The van der Waals surface area contributed by atoms with E-state index in [9.17, 15) is 4.79 Å². The molecule has 2 aromatic heterocycles. The number of aromatic nitrogens is 3. The number of hydrogen-bond acceptors (Lipinski definition) is 5. The molecule has 1 amide bonds. The summed E-state index contributed by atoms with van der Waals surface area (Å²) in [6.07, 6.45) is 3.61. The number of amides is 1. The van der Waals surface area contributed by atoms with Gasteiger partial charge < -0.3 is 20.3 Å². The number of carbonyl (C=O) groups excluding carboxylic acids is 1. The van der Waals surface area contributed by atoms with Gasteiger partial charge in [-0.05, 0) is 51.7 Å². The normalized spacial score (nSPS) is 15.6. The van der Waals surface area contributed by atoms with Gasteiger partial charge in [-0.25, -0.2) is 4.79 Å². The number of likely N-dealkylation sites (tertiary alicyclic amines) is 1. The van der Waals surface area contributed by atoms with Crippen molar-refractivity contribution in [2.24, 2.45) is 10.9 Å². The topological polar surface area (TPSA) is 96.1 Å². The van der Waals surface area contributed by atoms with E-state index >= 15 is 0 Å². The number of pyridine rings is 1. The van der Waals surface area contributed by atoms with E-state index in [1.165, 1.54) is 0 Å². The van der Waals surface area contributed by atoms with Crippen molar-refractivity contribution in [3.63, 3.8) is 0 Å². The smallest absolute Gasteiger partial charge is 0.410 e. The van der Waals surface area contributed by atoms with Crippen LogP contribution in [0.4, 0.5) is 4.79 Å². The van der Waals surface area contributed by atoms with Gasteiger partial charge in [-0.1, -0.05) is 6.07 Å². The summed E-state index contributed by atoms with van der Waals surface area (Å²) in [4.78, 5) is 18.3. The van der Waals surface area contributed by atoms with Crippen LogP contribution in [0.1, 0.15) is 39.4 Å². The summed E-state index contributed by atoms with van der Waals surface area (Å²) >= 11 is 0. The molecule has 0 bridgehead atoms. The van der Waals surface area contributed by atoms with E-state index in [2.05, 4.69) is 25.8 Å². The number of guanidine groups is 1. The first kappa shape index (κ1) is 24.2. The average Bonchev–Trinajstić information content (AvgIpc) is 3.10. The van der Waals surface area contributed by atoms with Crippen LogP contribution in [0.3, 0.4) is 0 Å².